The van der Waals surface area contributed by atoms with Crippen LogP contribution in [0, 0.1) is 0 Å². The van der Waals surface area contributed by atoms with Crippen molar-refractivity contribution in [1.82, 2.24) is 10.2 Å². The molecule has 1 aromatic heterocycles. The molecule has 2 rings (SSSR count). The molecule has 0 atom stereocenters. The first-order valence-corrected chi connectivity index (χ1v) is 8.53. The summed E-state index contributed by atoms with van der Waals surface area (Å²) >= 11 is 5.17. The molecule has 1 aliphatic heterocycles. The second kappa shape index (κ2) is 7.69. The molecule has 0 aromatic carbocycles. The van der Waals surface area contributed by atoms with E-state index in [-0.39, 0.29) is 0 Å². The van der Waals surface area contributed by atoms with E-state index in [0.29, 0.717) is 6.54 Å². The summed E-state index contributed by atoms with van der Waals surface area (Å²) in [7, 11) is 0. The molecule has 6 heteroatoms. The van der Waals surface area contributed by atoms with Crippen molar-refractivity contribution in [2.45, 2.75) is 6.92 Å². The van der Waals surface area contributed by atoms with Crippen LogP contribution in [0.25, 0.3) is 0 Å². The van der Waals surface area contributed by atoms with E-state index < -0.39 is 0 Å². The molecule has 0 unspecified atom stereocenters. The van der Waals surface area contributed by atoms with Gasteiger partial charge in [0.1, 0.15) is 0 Å². The Bertz CT molecular complexity index is 450. The maximum Gasteiger partial charge on any atom is 0.194 e. The van der Waals surface area contributed by atoms with Crippen molar-refractivity contribution in [2.24, 2.45) is 4.99 Å². The molecular weight excluding hydrogens is 336 g/mol. The molecule has 0 saturated carbocycles. The smallest absolute Gasteiger partial charge is 0.194 e. The highest BCUT2D eigenvalue weighted by molar-refractivity contribution is 9.11. The summed E-state index contributed by atoms with van der Waals surface area (Å²) in [5.41, 5.74) is 0. The van der Waals surface area contributed by atoms with Gasteiger partial charge in [0.05, 0.1) is 11.5 Å². The van der Waals surface area contributed by atoms with Crippen LogP contribution in [0.2, 0.25) is 0 Å². The number of thiophene rings is 1. The number of rotatable bonds is 4. The summed E-state index contributed by atoms with van der Waals surface area (Å²) < 4.78 is 0.908. The van der Waals surface area contributed by atoms with Crippen molar-refractivity contribution in [3.05, 3.63) is 28.6 Å². The second-order valence-corrected chi connectivity index (χ2v) is 6.66. The highest BCUT2D eigenvalue weighted by Gasteiger charge is 2.20. The standard InChI is InChI=1S/C14H21BrN4S/c1-3-16-14(17-11-12(2)15)19-8-6-18(7-9-19)13-5-4-10-20-13/h4-5,10H,2-3,6-9,11H2,1H3,(H,16,17). The lowest BCUT2D eigenvalue weighted by Gasteiger charge is -2.37. The lowest BCUT2D eigenvalue weighted by atomic mass is 10.3. The van der Waals surface area contributed by atoms with Crippen molar-refractivity contribution in [2.75, 3.05) is 44.2 Å². The van der Waals surface area contributed by atoms with Crippen LogP contribution in [-0.2, 0) is 0 Å². The van der Waals surface area contributed by atoms with Crippen molar-refractivity contribution >= 4 is 38.2 Å². The predicted molar refractivity (Wildman–Crippen MR) is 92.2 cm³/mol. The fourth-order valence-corrected chi connectivity index (χ4v) is 3.09. The summed E-state index contributed by atoms with van der Waals surface area (Å²) in [5.74, 6) is 0.985. The number of anilines is 1. The Kier molecular flexibility index (Phi) is 5.91. The highest BCUT2D eigenvalue weighted by Crippen LogP contribution is 2.22. The molecule has 1 aromatic rings. The zero-order valence-electron chi connectivity index (χ0n) is 11.8. The van der Waals surface area contributed by atoms with E-state index in [4.69, 9.17) is 0 Å². The topological polar surface area (TPSA) is 30.9 Å². The number of guanidine groups is 1. The van der Waals surface area contributed by atoms with Gasteiger partial charge in [0.25, 0.3) is 0 Å². The van der Waals surface area contributed by atoms with Crippen LogP contribution in [0.4, 0.5) is 5.00 Å². The molecule has 4 nitrogen and oxygen atoms in total. The summed E-state index contributed by atoms with van der Waals surface area (Å²) in [5, 5.41) is 6.85. The zero-order valence-corrected chi connectivity index (χ0v) is 14.2. The molecule has 0 radical (unpaired) electrons. The van der Waals surface area contributed by atoms with Crippen molar-refractivity contribution in [3.63, 3.8) is 0 Å². The van der Waals surface area contributed by atoms with E-state index in [1.807, 2.05) is 11.3 Å². The van der Waals surface area contributed by atoms with Gasteiger partial charge < -0.3 is 15.1 Å². The van der Waals surface area contributed by atoms with Gasteiger partial charge in [-0.05, 0) is 24.4 Å². The molecule has 0 amide bonds. The van der Waals surface area contributed by atoms with Gasteiger partial charge in [0, 0.05) is 37.2 Å². The van der Waals surface area contributed by atoms with E-state index in [0.717, 1.165) is 43.2 Å². The van der Waals surface area contributed by atoms with Crippen LogP contribution in [0.1, 0.15) is 6.92 Å². The fourth-order valence-electron chi connectivity index (χ4n) is 2.17. The first-order valence-electron chi connectivity index (χ1n) is 6.85. The molecule has 0 aliphatic carbocycles. The molecule has 0 bridgehead atoms. The SMILES string of the molecule is C=C(Br)CN=C(NCC)N1CCN(c2cccs2)CC1. The number of piperazine rings is 1. The number of aliphatic imine (C=N–C) groups is 1. The van der Waals surface area contributed by atoms with Gasteiger partial charge in [0.2, 0.25) is 0 Å². The summed E-state index contributed by atoms with van der Waals surface area (Å²) in [4.78, 5) is 9.36. The van der Waals surface area contributed by atoms with E-state index in [2.05, 4.69) is 67.1 Å². The fraction of sp³-hybridized carbons (Fsp3) is 0.500. The lowest BCUT2D eigenvalue weighted by molar-refractivity contribution is 0.374. The van der Waals surface area contributed by atoms with E-state index in [9.17, 15) is 0 Å². The second-order valence-electron chi connectivity index (χ2n) is 4.61. The third-order valence-electron chi connectivity index (χ3n) is 3.13. The van der Waals surface area contributed by atoms with Crippen LogP contribution in [0.3, 0.4) is 0 Å². The average molecular weight is 357 g/mol. The monoisotopic (exact) mass is 356 g/mol. The van der Waals surface area contributed by atoms with Gasteiger partial charge in [-0.25, -0.2) is 4.99 Å². The number of hydrogen-bond donors (Lipinski definition) is 1. The number of hydrogen-bond acceptors (Lipinski definition) is 3. The Morgan fingerprint density at radius 2 is 2.20 bits per heavy atom. The molecule has 1 saturated heterocycles. The van der Waals surface area contributed by atoms with Gasteiger partial charge in [-0.2, -0.15) is 0 Å². The largest absolute Gasteiger partial charge is 0.360 e. The molecule has 1 aliphatic rings. The first-order chi connectivity index (χ1) is 9.70. The van der Waals surface area contributed by atoms with Gasteiger partial charge in [-0.1, -0.05) is 22.5 Å². The highest BCUT2D eigenvalue weighted by atomic mass is 79.9. The molecule has 0 spiro atoms. The molecule has 2 heterocycles. The summed E-state index contributed by atoms with van der Waals surface area (Å²) in [6.45, 7) is 11.5. The summed E-state index contributed by atoms with van der Waals surface area (Å²) in [6.07, 6.45) is 0. The number of nitrogens with one attached hydrogen (secondary N) is 1. The van der Waals surface area contributed by atoms with Crippen LogP contribution >= 0.6 is 27.3 Å². The number of halogens is 1. The Labute approximate surface area is 133 Å². The van der Waals surface area contributed by atoms with Gasteiger partial charge in [-0.15, -0.1) is 11.3 Å². The third-order valence-corrected chi connectivity index (χ3v) is 4.31. The Hall–Kier alpha value is -1.01. The Morgan fingerprint density at radius 3 is 2.75 bits per heavy atom. The molecule has 1 N–H and O–H groups in total. The lowest BCUT2D eigenvalue weighted by Crippen LogP contribution is -2.52. The van der Waals surface area contributed by atoms with E-state index in [1.165, 1.54) is 5.00 Å². The third kappa shape index (κ3) is 4.24. The minimum absolute atomic E-state index is 0.619. The number of nitrogens with zero attached hydrogens (tertiary/aromatic N) is 3. The Balaban J connectivity index is 1.93. The molecular formula is C14H21BrN4S. The van der Waals surface area contributed by atoms with E-state index in [1.54, 1.807) is 0 Å². The van der Waals surface area contributed by atoms with Gasteiger partial charge in [0.15, 0.2) is 5.96 Å². The molecule has 110 valence electrons. The van der Waals surface area contributed by atoms with Crippen LogP contribution < -0.4 is 10.2 Å². The normalized spacial score (nSPS) is 16.4. The van der Waals surface area contributed by atoms with Crippen molar-refractivity contribution in [1.29, 1.82) is 0 Å². The molecule has 1 fully saturated rings. The van der Waals surface area contributed by atoms with Gasteiger partial charge in [-0.3, -0.25) is 0 Å². The summed E-state index contributed by atoms with van der Waals surface area (Å²) in [6, 6.07) is 4.30. The maximum atomic E-state index is 4.59. The Morgan fingerprint density at radius 1 is 1.45 bits per heavy atom. The average Bonchev–Trinajstić information content (AvgIpc) is 2.97. The predicted octanol–water partition coefficient (Wildman–Crippen LogP) is 2.74. The van der Waals surface area contributed by atoms with Crippen LogP contribution in [0.5, 0.6) is 0 Å². The quantitative estimate of drug-likeness (QED) is 0.664. The van der Waals surface area contributed by atoms with Crippen molar-refractivity contribution in [3.8, 4) is 0 Å². The molecule has 20 heavy (non-hydrogen) atoms. The minimum atomic E-state index is 0.619. The first kappa shape index (κ1) is 15.4. The minimum Gasteiger partial charge on any atom is -0.360 e. The zero-order chi connectivity index (χ0) is 14.4. The maximum absolute atomic E-state index is 4.59. The van der Waals surface area contributed by atoms with Crippen LogP contribution in [0.15, 0.2) is 33.6 Å². The van der Waals surface area contributed by atoms with E-state index >= 15 is 0 Å². The van der Waals surface area contributed by atoms with Crippen LogP contribution in [-0.4, -0.2) is 50.1 Å². The van der Waals surface area contributed by atoms with Gasteiger partial charge >= 0.3 is 0 Å². The van der Waals surface area contributed by atoms with Crippen molar-refractivity contribution < 1.29 is 0 Å².